The second kappa shape index (κ2) is 6.18. The lowest BCUT2D eigenvalue weighted by atomic mass is 10.00. The van der Waals surface area contributed by atoms with Gasteiger partial charge in [0.2, 0.25) is 0 Å². The number of aromatic nitrogens is 2. The Hall–Kier alpha value is -3.01. The number of hydrogen-bond acceptors (Lipinski definition) is 3. The first kappa shape index (κ1) is 13.9. The van der Waals surface area contributed by atoms with Gasteiger partial charge in [0, 0.05) is 25.0 Å². The Morgan fingerprint density at radius 3 is 2.55 bits per heavy atom. The van der Waals surface area contributed by atoms with E-state index in [-0.39, 0.29) is 5.56 Å². The third-order valence-electron chi connectivity index (χ3n) is 3.43. The van der Waals surface area contributed by atoms with Crippen LogP contribution < -0.4 is 0 Å². The monoisotopic (exact) mass is 290 g/mol. The normalized spacial score (nSPS) is 10.4. The first-order valence-electron chi connectivity index (χ1n) is 6.90. The van der Waals surface area contributed by atoms with Crippen molar-refractivity contribution in [1.82, 2.24) is 9.97 Å². The van der Waals surface area contributed by atoms with Crippen molar-refractivity contribution >= 4 is 5.97 Å². The van der Waals surface area contributed by atoms with Crippen LogP contribution in [0.15, 0.2) is 67.1 Å². The van der Waals surface area contributed by atoms with Crippen LogP contribution in [0.3, 0.4) is 0 Å². The molecule has 0 fully saturated rings. The molecule has 22 heavy (non-hydrogen) atoms. The third kappa shape index (κ3) is 3.01. The number of carboxylic acid groups (broad SMARTS) is 1. The molecular weight excluding hydrogens is 276 g/mol. The highest BCUT2D eigenvalue weighted by Crippen LogP contribution is 2.21. The van der Waals surface area contributed by atoms with Crippen LogP contribution in [0.1, 0.15) is 21.6 Å². The Balaban J connectivity index is 1.93. The first-order chi connectivity index (χ1) is 10.7. The van der Waals surface area contributed by atoms with Crippen LogP contribution in [0.25, 0.3) is 11.1 Å². The highest BCUT2D eigenvalue weighted by atomic mass is 16.4. The van der Waals surface area contributed by atoms with Gasteiger partial charge in [0.1, 0.15) is 0 Å². The molecule has 0 amide bonds. The van der Waals surface area contributed by atoms with Crippen LogP contribution >= 0.6 is 0 Å². The molecule has 4 nitrogen and oxygen atoms in total. The van der Waals surface area contributed by atoms with E-state index in [4.69, 9.17) is 0 Å². The molecule has 108 valence electrons. The van der Waals surface area contributed by atoms with Crippen LogP contribution in [-0.4, -0.2) is 21.0 Å². The molecule has 0 aliphatic carbocycles. The van der Waals surface area contributed by atoms with E-state index < -0.39 is 5.97 Å². The summed E-state index contributed by atoms with van der Waals surface area (Å²) in [5.41, 5.74) is 4.00. The molecule has 0 unspecified atom stereocenters. The summed E-state index contributed by atoms with van der Waals surface area (Å²) in [6, 6.07) is 15.1. The Morgan fingerprint density at radius 2 is 1.77 bits per heavy atom. The molecule has 0 radical (unpaired) electrons. The molecule has 3 rings (SSSR count). The summed E-state index contributed by atoms with van der Waals surface area (Å²) in [5.74, 6) is -0.951. The van der Waals surface area contributed by atoms with Crippen molar-refractivity contribution in [2.75, 3.05) is 0 Å². The molecule has 1 N–H and O–H groups in total. The van der Waals surface area contributed by atoms with E-state index in [9.17, 15) is 9.90 Å². The number of carbonyl (C=O) groups is 1. The van der Waals surface area contributed by atoms with Crippen LogP contribution in [0.5, 0.6) is 0 Å². The Labute approximate surface area is 128 Å². The first-order valence-corrected chi connectivity index (χ1v) is 6.90. The molecule has 4 heteroatoms. The minimum absolute atomic E-state index is 0.247. The predicted molar refractivity (Wildman–Crippen MR) is 83.7 cm³/mol. The van der Waals surface area contributed by atoms with Gasteiger partial charge < -0.3 is 5.11 Å². The maximum atomic E-state index is 11.3. The summed E-state index contributed by atoms with van der Waals surface area (Å²) in [7, 11) is 0. The van der Waals surface area contributed by atoms with E-state index in [0.29, 0.717) is 12.1 Å². The summed E-state index contributed by atoms with van der Waals surface area (Å²) in [4.78, 5) is 19.5. The number of benzene rings is 1. The second-order valence-corrected chi connectivity index (χ2v) is 4.92. The lowest BCUT2D eigenvalue weighted by Crippen LogP contribution is -2.05. The fourth-order valence-corrected chi connectivity index (χ4v) is 2.37. The van der Waals surface area contributed by atoms with Crippen LogP contribution in [0, 0.1) is 0 Å². The lowest BCUT2D eigenvalue weighted by molar-refractivity contribution is 0.0695. The Kier molecular flexibility index (Phi) is 3.92. The quantitative estimate of drug-likeness (QED) is 0.799. The number of nitrogens with zero attached hydrogens (tertiary/aromatic N) is 2. The van der Waals surface area contributed by atoms with E-state index in [0.717, 1.165) is 16.7 Å². The summed E-state index contributed by atoms with van der Waals surface area (Å²) in [5, 5.41) is 9.23. The maximum Gasteiger partial charge on any atom is 0.337 e. The zero-order valence-corrected chi connectivity index (χ0v) is 11.8. The molecule has 2 aromatic heterocycles. The average Bonchev–Trinajstić information content (AvgIpc) is 2.56. The molecule has 0 saturated carbocycles. The SMILES string of the molecule is O=C(O)c1cccnc1Cc1cccc(-c2ccncc2)c1. The van der Waals surface area contributed by atoms with Gasteiger partial charge in [-0.3, -0.25) is 9.97 Å². The van der Waals surface area contributed by atoms with Crippen molar-refractivity contribution in [3.63, 3.8) is 0 Å². The number of hydrogen-bond donors (Lipinski definition) is 1. The van der Waals surface area contributed by atoms with Crippen molar-refractivity contribution in [3.05, 3.63) is 83.9 Å². The van der Waals surface area contributed by atoms with Gasteiger partial charge in [-0.2, -0.15) is 0 Å². The van der Waals surface area contributed by atoms with Gasteiger partial charge in [0.25, 0.3) is 0 Å². The number of rotatable bonds is 4. The summed E-state index contributed by atoms with van der Waals surface area (Å²) < 4.78 is 0. The molecule has 0 aliphatic rings. The summed E-state index contributed by atoms with van der Waals surface area (Å²) in [6.07, 6.45) is 5.61. The summed E-state index contributed by atoms with van der Waals surface area (Å²) in [6.45, 7) is 0. The van der Waals surface area contributed by atoms with Crippen molar-refractivity contribution in [2.45, 2.75) is 6.42 Å². The molecule has 0 saturated heterocycles. The molecular formula is C18H14N2O2. The largest absolute Gasteiger partial charge is 0.478 e. The van der Waals surface area contributed by atoms with E-state index in [1.807, 2.05) is 30.3 Å². The van der Waals surface area contributed by atoms with Crippen LogP contribution in [0.4, 0.5) is 0 Å². The molecule has 3 aromatic rings. The standard InChI is InChI=1S/C18H14N2O2/c21-18(22)16-5-2-8-20-17(16)12-13-3-1-4-15(11-13)14-6-9-19-10-7-14/h1-11H,12H2,(H,21,22). The topological polar surface area (TPSA) is 63.1 Å². The number of carboxylic acids is 1. The highest BCUT2D eigenvalue weighted by Gasteiger charge is 2.11. The zero-order chi connectivity index (χ0) is 15.4. The number of pyridine rings is 2. The minimum atomic E-state index is -0.951. The van der Waals surface area contributed by atoms with E-state index in [1.54, 1.807) is 30.7 Å². The second-order valence-electron chi connectivity index (χ2n) is 4.92. The lowest BCUT2D eigenvalue weighted by Gasteiger charge is -2.07. The summed E-state index contributed by atoms with van der Waals surface area (Å²) >= 11 is 0. The van der Waals surface area contributed by atoms with Gasteiger partial charge in [0.15, 0.2) is 0 Å². The van der Waals surface area contributed by atoms with Crippen LogP contribution in [0.2, 0.25) is 0 Å². The highest BCUT2D eigenvalue weighted by molar-refractivity contribution is 5.88. The molecule has 0 bridgehead atoms. The fraction of sp³-hybridized carbons (Fsp3) is 0.0556. The van der Waals surface area contributed by atoms with Crippen molar-refractivity contribution < 1.29 is 9.90 Å². The van der Waals surface area contributed by atoms with Gasteiger partial charge >= 0.3 is 5.97 Å². The van der Waals surface area contributed by atoms with Crippen LogP contribution in [-0.2, 0) is 6.42 Å². The zero-order valence-electron chi connectivity index (χ0n) is 11.8. The smallest absolute Gasteiger partial charge is 0.337 e. The Bertz CT molecular complexity index is 801. The Morgan fingerprint density at radius 1 is 0.955 bits per heavy atom. The third-order valence-corrected chi connectivity index (χ3v) is 3.43. The van der Waals surface area contributed by atoms with Gasteiger partial charge in [0.05, 0.1) is 11.3 Å². The van der Waals surface area contributed by atoms with Crippen molar-refractivity contribution in [2.24, 2.45) is 0 Å². The average molecular weight is 290 g/mol. The van der Waals surface area contributed by atoms with Crippen molar-refractivity contribution in [3.8, 4) is 11.1 Å². The van der Waals surface area contributed by atoms with E-state index >= 15 is 0 Å². The van der Waals surface area contributed by atoms with Gasteiger partial charge in [-0.25, -0.2) is 4.79 Å². The predicted octanol–water partition coefficient (Wildman–Crippen LogP) is 3.43. The number of aromatic carboxylic acids is 1. The molecule has 0 atom stereocenters. The van der Waals surface area contributed by atoms with E-state index in [2.05, 4.69) is 16.0 Å². The molecule has 2 heterocycles. The van der Waals surface area contributed by atoms with Gasteiger partial charge in [-0.15, -0.1) is 0 Å². The fourth-order valence-electron chi connectivity index (χ4n) is 2.37. The minimum Gasteiger partial charge on any atom is -0.478 e. The van der Waals surface area contributed by atoms with Gasteiger partial charge in [-0.05, 0) is 41.0 Å². The molecule has 0 spiro atoms. The van der Waals surface area contributed by atoms with Crippen molar-refractivity contribution in [1.29, 1.82) is 0 Å². The van der Waals surface area contributed by atoms with Gasteiger partial charge in [-0.1, -0.05) is 24.3 Å². The van der Waals surface area contributed by atoms with E-state index in [1.165, 1.54) is 0 Å². The molecule has 0 aliphatic heterocycles. The molecule has 1 aromatic carbocycles. The maximum absolute atomic E-state index is 11.3.